The van der Waals surface area contributed by atoms with E-state index >= 15 is 0 Å². The third kappa shape index (κ3) is 3.70. The van der Waals surface area contributed by atoms with Crippen molar-refractivity contribution in [3.05, 3.63) is 54.4 Å². The Morgan fingerprint density at radius 3 is 2.86 bits per heavy atom. The summed E-state index contributed by atoms with van der Waals surface area (Å²) in [6.07, 6.45) is 10.4. The summed E-state index contributed by atoms with van der Waals surface area (Å²) in [5.41, 5.74) is 1.26. The lowest BCUT2D eigenvalue weighted by molar-refractivity contribution is 0.460. The molecular weight excluding hydrogens is 265 g/mol. The van der Waals surface area contributed by atoms with Crippen LogP contribution in [0.15, 0.2) is 43.0 Å². The normalized spacial score (nSPS) is 21.8. The van der Waals surface area contributed by atoms with Crippen LogP contribution in [0.3, 0.4) is 0 Å². The molecule has 4 heteroatoms. The Labute approximate surface area is 125 Å². The second-order valence-electron chi connectivity index (χ2n) is 5.80. The fraction of sp³-hybridized carbons (Fsp3) is 0.471. The number of imidazole rings is 1. The third-order valence-electron chi connectivity index (χ3n) is 4.37. The van der Waals surface area contributed by atoms with Crippen LogP contribution in [0.5, 0.6) is 0 Å². The number of nitrogens with one attached hydrogen (secondary N) is 1. The smallest absolute Gasteiger partial charge is 0.123 e. The highest BCUT2D eigenvalue weighted by Crippen LogP contribution is 2.34. The maximum atomic E-state index is 13.0. The van der Waals surface area contributed by atoms with Crippen LogP contribution in [-0.4, -0.2) is 22.1 Å². The van der Waals surface area contributed by atoms with E-state index in [1.165, 1.54) is 24.8 Å². The van der Waals surface area contributed by atoms with E-state index in [2.05, 4.69) is 14.9 Å². The predicted molar refractivity (Wildman–Crippen MR) is 81.6 cm³/mol. The van der Waals surface area contributed by atoms with E-state index < -0.39 is 0 Å². The minimum absolute atomic E-state index is 0.151. The third-order valence-corrected chi connectivity index (χ3v) is 4.37. The Balaban J connectivity index is 1.49. The van der Waals surface area contributed by atoms with E-state index in [0.717, 1.165) is 19.5 Å². The maximum Gasteiger partial charge on any atom is 0.123 e. The Morgan fingerprint density at radius 1 is 1.24 bits per heavy atom. The topological polar surface area (TPSA) is 29.9 Å². The first-order chi connectivity index (χ1) is 10.3. The number of benzene rings is 1. The van der Waals surface area contributed by atoms with Crippen molar-refractivity contribution < 1.29 is 4.39 Å². The molecule has 2 aromatic rings. The summed E-state index contributed by atoms with van der Waals surface area (Å²) in [7, 11) is 0. The number of nitrogens with zero attached hydrogens (tertiary/aromatic N) is 2. The highest BCUT2D eigenvalue weighted by Gasteiger charge is 2.27. The summed E-state index contributed by atoms with van der Waals surface area (Å²) in [6.45, 7) is 2.02. The monoisotopic (exact) mass is 287 g/mol. The molecule has 1 aromatic heterocycles. The first kappa shape index (κ1) is 14.3. The van der Waals surface area contributed by atoms with Gasteiger partial charge in [-0.3, -0.25) is 0 Å². The van der Waals surface area contributed by atoms with Gasteiger partial charge in [0.1, 0.15) is 5.82 Å². The van der Waals surface area contributed by atoms with Gasteiger partial charge in [0.05, 0.1) is 6.33 Å². The van der Waals surface area contributed by atoms with E-state index in [-0.39, 0.29) is 5.82 Å². The van der Waals surface area contributed by atoms with E-state index in [0.29, 0.717) is 12.0 Å². The van der Waals surface area contributed by atoms with Gasteiger partial charge >= 0.3 is 0 Å². The minimum Gasteiger partial charge on any atom is -0.337 e. The van der Waals surface area contributed by atoms with Crippen LogP contribution in [0.2, 0.25) is 0 Å². The molecule has 1 aliphatic rings. The summed E-state index contributed by atoms with van der Waals surface area (Å²) in [4.78, 5) is 4.05. The molecule has 0 amide bonds. The molecule has 1 aliphatic carbocycles. The molecule has 0 unspecified atom stereocenters. The van der Waals surface area contributed by atoms with Crippen molar-refractivity contribution in [1.82, 2.24) is 14.9 Å². The first-order valence-corrected chi connectivity index (χ1v) is 7.77. The number of halogens is 1. The zero-order chi connectivity index (χ0) is 14.5. The molecule has 0 aliphatic heterocycles. The summed E-state index contributed by atoms with van der Waals surface area (Å²) in [5, 5.41) is 3.68. The Hall–Kier alpha value is -1.68. The summed E-state index contributed by atoms with van der Waals surface area (Å²) >= 11 is 0. The molecule has 1 fully saturated rings. The van der Waals surface area contributed by atoms with E-state index in [1.807, 2.05) is 30.9 Å². The van der Waals surface area contributed by atoms with Crippen LogP contribution >= 0.6 is 0 Å². The largest absolute Gasteiger partial charge is 0.337 e. The molecule has 3 nitrogen and oxygen atoms in total. The number of rotatable bonds is 6. The number of hydrogen-bond acceptors (Lipinski definition) is 2. The lowest BCUT2D eigenvalue weighted by Gasteiger charge is -2.21. The molecule has 2 atom stereocenters. The molecule has 3 rings (SSSR count). The van der Waals surface area contributed by atoms with Gasteiger partial charge in [-0.1, -0.05) is 18.6 Å². The quantitative estimate of drug-likeness (QED) is 0.826. The van der Waals surface area contributed by atoms with Gasteiger partial charge in [0.2, 0.25) is 0 Å². The van der Waals surface area contributed by atoms with Crippen molar-refractivity contribution in [2.45, 2.75) is 44.2 Å². The van der Waals surface area contributed by atoms with Gasteiger partial charge in [0, 0.05) is 25.0 Å². The Kier molecular flexibility index (Phi) is 4.65. The molecule has 1 heterocycles. The van der Waals surface area contributed by atoms with Gasteiger partial charge in [0.25, 0.3) is 0 Å². The lowest BCUT2D eigenvalue weighted by Crippen LogP contribution is -2.32. The molecule has 1 saturated carbocycles. The van der Waals surface area contributed by atoms with Crippen LogP contribution in [0, 0.1) is 5.82 Å². The molecule has 21 heavy (non-hydrogen) atoms. The van der Waals surface area contributed by atoms with Gasteiger partial charge in [0.15, 0.2) is 0 Å². The standard InChI is InChI=1S/C17H22FN3/c18-15-7-5-14(6-8-15)16-3-1-4-17(16)20-9-2-11-21-12-10-19-13-21/h5-8,10,12-13,16-17,20H,1-4,9,11H2/t16-,17+/m0/s1. The summed E-state index contributed by atoms with van der Waals surface area (Å²) in [5.74, 6) is 0.375. The maximum absolute atomic E-state index is 13.0. The van der Waals surface area contributed by atoms with Gasteiger partial charge in [-0.25, -0.2) is 9.37 Å². The van der Waals surface area contributed by atoms with Crippen molar-refractivity contribution >= 4 is 0 Å². The Morgan fingerprint density at radius 2 is 2.10 bits per heavy atom. The van der Waals surface area contributed by atoms with Crippen molar-refractivity contribution in [3.63, 3.8) is 0 Å². The van der Waals surface area contributed by atoms with Crippen LogP contribution < -0.4 is 5.32 Å². The van der Waals surface area contributed by atoms with E-state index in [1.54, 1.807) is 12.1 Å². The fourth-order valence-corrected chi connectivity index (χ4v) is 3.28. The fourth-order valence-electron chi connectivity index (χ4n) is 3.28. The van der Waals surface area contributed by atoms with Crippen molar-refractivity contribution in [3.8, 4) is 0 Å². The highest BCUT2D eigenvalue weighted by molar-refractivity contribution is 5.23. The average Bonchev–Trinajstić information content (AvgIpc) is 3.16. The van der Waals surface area contributed by atoms with E-state index in [4.69, 9.17) is 0 Å². The average molecular weight is 287 g/mol. The molecule has 1 N–H and O–H groups in total. The zero-order valence-corrected chi connectivity index (χ0v) is 12.2. The van der Waals surface area contributed by atoms with Crippen molar-refractivity contribution in [2.24, 2.45) is 0 Å². The van der Waals surface area contributed by atoms with Crippen LogP contribution in [0.4, 0.5) is 4.39 Å². The molecule has 0 radical (unpaired) electrons. The zero-order valence-electron chi connectivity index (χ0n) is 12.2. The molecule has 0 bridgehead atoms. The van der Waals surface area contributed by atoms with Crippen molar-refractivity contribution in [1.29, 1.82) is 0 Å². The van der Waals surface area contributed by atoms with Crippen molar-refractivity contribution in [2.75, 3.05) is 6.54 Å². The predicted octanol–water partition coefficient (Wildman–Crippen LogP) is 3.34. The van der Waals surface area contributed by atoms with Gasteiger partial charge in [-0.05, 0) is 49.4 Å². The van der Waals surface area contributed by atoms with Crippen LogP contribution in [0.1, 0.15) is 37.2 Å². The SMILES string of the molecule is Fc1ccc([C@@H]2CCC[C@H]2NCCCn2ccnc2)cc1. The van der Waals surface area contributed by atoms with Gasteiger partial charge in [-0.15, -0.1) is 0 Å². The molecular formula is C17H22FN3. The summed E-state index contributed by atoms with van der Waals surface area (Å²) in [6, 6.07) is 7.54. The first-order valence-electron chi connectivity index (χ1n) is 7.77. The Bertz CT molecular complexity index is 536. The number of aromatic nitrogens is 2. The molecule has 0 saturated heterocycles. The molecule has 0 spiro atoms. The second kappa shape index (κ2) is 6.85. The van der Waals surface area contributed by atoms with Crippen LogP contribution in [0.25, 0.3) is 0 Å². The number of hydrogen-bond donors (Lipinski definition) is 1. The minimum atomic E-state index is -0.151. The molecule has 1 aromatic carbocycles. The lowest BCUT2D eigenvalue weighted by atomic mass is 9.94. The van der Waals surface area contributed by atoms with E-state index in [9.17, 15) is 4.39 Å². The second-order valence-corrected chi connectivity index (χ2v) is 5.80. The summed E-state index contributed by atoms with van der Waals surface area (Å²) < 4.78 is 15.1. The highest BCUT2D eigenvalue weighted by atomic mass is 19.1. The van der Waals surface area contributed by atoms with Gasteiger partial charge < -0.3 is 9.88 Å². The molecule has 112 valence electrons. The van der Waals surface area contributed by atoms with Crippen LogP contribution in [-0.2, 0) is 6.54 Å². The number of aryl methyl sites for hydroxylation is 1. The van der Waals surface area contributed by atoms with Gasteiger partial charge in [-0.2, -0.15) is 0 Å².